The molecule has 5 rings (SSSR count). The maximum Gasteiger partial charge on any atom is 0.262 e. The van der Waals surface area contributed by atoms with Gasteiger partial charge in [0.1, 0.15) is 5.75 Å². The van der Waals surface area contributed by atoms with Crippen LogP contribution in [0.5, 0.6) is 5.75 Å². The Balaban J connectivity index is 1.52. The number of thioether (sulfide) groups is 1. The Morgan fingerprint density at radius 1 is 1.08 bits per heavy atom. The molecule has 192 valence electrons. The molecule has 2 heterocycles. The second kappa shape index (κ2) is 10.8. The van der Waals surface area contributed by atoms with Crippen molar-refractivity contribution in [3.8, 4) is 5.75 Å². The van der Waals surface area contributed by atoms with E-state index in [2.05, 4.69) is 15.5 Å². The highest BCUT2D eigenvalue weighted by Gasteiger charge is 2.21. The molecule has 1 aliphatic carbocycles. The molecule has 0 bridgehead atoms. The summed E-state index contributed by atoms with van der Waals surface area (Å²) in [5.74, 6) is 1.00. The molecular weight excluding hydrogens is 490 g/mol. The largest absolute Gasteiger partial charge is 0.497 e. The minimum atomic E-state index is -0.176. The average molecular weight is 520 g/mol. The van der Waals surface area contributed by atoms with Crippen molar-refractivity contribution in [2.75, 3.05) is 12.9 Å². The van der Waals surface area contributed by atoms with Gasteiger partial charge in [0, 0.05) is 23.7 Å². The zero-order valence-electron chi connectivity index (χ0n) is 20.9. The number of rotatable bonds is 9. The van der Waals surface area contributed by atoms with Gasteiger partial charge in [0.2, 0.25) is 5.78 Å². The van der Waals surface area contributed by atoms with Crippen LogP contribution in [-0.4, -0.2) is 49.8 Å². The highest BCUT2D eigenvalue weighted by atomic mass is 32.2. The molecule has 0 saturated heterocycles. The van der Waals surface area contributed by atoms with Crippen molar-refractivity contribution in [3.05, 3.63) is 63.9 Å². The fourth-order valence-corrected chi connectivity index (χ4v) is 5.61. The van der Waals surface area contributed by atoms with Crippen LogP contribution < -0.4 is 15.6 Å². The van der Waals surface area contributed by atoms with E-state index in [-0.39, 0.29) is 29.0 Å². The number of carbonyl (C=O) groups is 2. The summed E-state index contributed by atoms with van der Waals surface area (Å²) in [7, 11) is 1.58. The molecule has 0 aliphatic heterocycles. The van der Waals surface area contributed by atoms with Gasteiger partial charge in [0.25, 0.3) is 11.5 Å². The number of nitrogens with zero attached hydrogens (tertiary/aromatic N) is 4. The molecule has 2 aromatic heterocycles. The Morgan fingerprint density at radius 2 is 1.81 bits per heavy atom. The van der Waals surface area contributed by atoms with E-state index in [1.54, 1.807) is 58.5 Å². The molecule has 1 fully saturated rings. The first-order valence-corrected chi connectivity index (χ1v) is 13.5. The van der Waals surface area contributed by atoms with Gasteiger partial charge >= 0.3 is 0 Å². The molecule has 0 spiro atoms. The molecule has 37 heavy (non-hydrogen) atoms. The molecule has 1 N–H and O–H groups in total. The topological polar surface area (TPSA) is 108 Å². The summed E-state index contributed by atoms with van der Waals surface area (Å²) in [4.78, 5) is 39.1. The van der Waals surface area contributed by atoms with Gasteiger partial charge in [-0.3, -0.25) is 23.4 Å². The summed E-state index contributed by atoms with van der Waals surface area (Å²) in [6.07, 6.45) is 4.96. The van der Waals surface area contributed by atoms with Crippen LogP contribution in [0.1, 0.15) is 59.7 Å². The Hall–Kier alpha value is -3.66. The van der Waals surface area contributed by atoms with Crippen LogP contribution in [0.15, 0.2) is 52.4 Å². The SMILES string of the molecule is CCCn1c(=O)c2ccc(C(=O)NC3CCCC3)cc2n2c(SCC(=O)c3ccc(OC)cc3)nnc12. The fourth-order valence-electron chi connectivity index (χ4n) is 4.77. The van der Waals surface area contributed by atoms with Gasteiger partial charge in [-0.25, -0.2) is 0 Å². The lowest BCUT2D eigenvalue weighted by atomic mass is 10.1. The van der Waals surface area contributed by atoms with Crippen LogP contribution in [0.3, 0.4) is 0 Å². The number of benzene rings is 2. The monoisotopic (exact) mass is 519 g/mol. The number of ketones is 1. The summed E-state index contributed by atoms with van der Waals surface area (Å²) in [5, 5.41) is 12.7. The lowest BCUT2D eigenvalue weighted by Crippen LogP contribution is -2.32. The fraction of sp³-hybridized carbons (Fsp3) is 0.370. The molecular formula is C27H29N5O4S. The minimum absolute atomic E-state index is 0.0628. The van der Waals surface area contributed by atoms with Gasteiger partial charge < -0.3 is 10.1 Å². The van der Waals surface area contributed by atoms with Gasteiger partial charge in [-0.2, -0.15) is 0 Å². The van der Waals surface area contributed by atoms with E-state index in [1.165, 1.54) is 11.8 Å². The van der Waals surface area contributed by atoms with Gasteiger partial charge in [-0.1, -0.05) is 31.5 Å². The summed E-state index contributed by atoms with van der Waals surface area (Å²) < 4.78 is 8.55. The van der Waals surface area contributed by atoms with Gasteiger partial charge in [-0.15, -0.1) is 10.2 Å². The number of nitrogens with one attached hydrogen (secondary N) is 1. The van der Waals surface area contributed by atoms with Crippen molar-refractivity contribution in [1.29, 1.82) is 0 Å². The molecule has 0 atom stereocenters. The number of hydrogen-bond donors (Lipinski definition) is 1. The second-order valence-corrected chi connectivity index (χ2v) is 10.1. The molecule has 1 saturated carbocycles. The summed E-state index contributed by atoms with van der Waals surface area (Å²) in [5.41, 5.74) is 1.43. The maximum atomic E-state index is 13.3. The Morgan fingerprint density at radius 3 is 2.51 bits per heavy atom. The zero-order chi connectivity index (χ0) is 25.9. The van der Waals surface area contributed by atoms with E-state index in [0.717, 1.165) is 32.1 Å². The van der Waals surface area contributed by atoms with Gasteiger partial charge in [-0.05, 0) is 61.7 Å². The van der Waals surface area contributed by atoms with Crippen molar-refractivity contribution >= 4 is 40.1 Å². The number of fused-ring (bicyclic) bond motifs is 3. The van der Waals surface area contributed by atoms with Crippen molar-refractivity contribution in [3.63, 3.8) is 0 Å². The number of methoxy groups -OCH3 is 1. The number of amides is 1. The van der Waals surface area contributed by atoms with Crippen molar-refractivity contribution in [2.45, 2.75) is 56.8 Å². The summed E-state index contributed by atoms with van der Waals surface area (Å²) >= 11 is 1.25. The number of ether oxygens (including phenoxy) is 1. The Labute approximate surface area is 218 Å². The highest BCUT2D eigenvalue weighted by molar-refractivity contribution is 7.99. The Bertz CT molecular complexity index is 1520. The van der Waals surface area contributed by atoms with Gasteiger partial charge in [0.15, 0.2) is 10.9 Å². The molecule has 0 radical (unpaired) electrons. The summed E-state index contributed by atoms with van der Waals surface area (Å²) in [6, 6.07) is 12.3. The van der Waals surface area contributed by atoms with Crippen LogP contribution in [0.2, 0.25) is 0 Å². The van der Waals surface area contributed by atoms with E-state index in [4.69, 9.17) is 4.74 Å². The highest BCUT2D eigenvalue weighted by Crippen LogP contribution is 2.25. The van der Waals surface area contributed by atoms with E-state index in [1.807, 2.05) is 6.92 Å². The third kappa shape index (κ3) is 4.98. The standard InChI is InChI=1S/C27H29N5O4S/c1-3-14-31-25(35)21-13-10-18(24(34)28-19-6-4-5-7-19)15-22(21)32-26(31)29-30-27(32)37-16-23(33)17-8-11-20(36-2)12-9-17/h8-13,15,19H,3-7,14,16H2,1-2H3,(H,28,34). The smallest absolute Gasteiger partial charge is 0.262 e. The third-order valence-electron chi connectivity index (χ3n) is 6.72. The molecule has 10 heteroatoms. The van der Waals surface area contributed by atoms with E-state index in [9.17, 15) is 14.4 Å². The van der Waals surface area contributed by atoms with Crippen LogP contribution in [0, 0.1) is 0 Å². The summed E-state index contributed by atoms with van der Waals surface area (Å²) in [6.45, 7) is 2.47. The molecule has 9 nitrogen and oxygen atoms in total. The first-order valence-electron chi connectivity index (χ1n) is 12.5. The lowest BCUT2D eigenvalue weighted by molar-refractivity contribution is 0.0937. The van der Waals surface area contributed by atoms with Crippen molar-refractivity contribution < 1.29 is 14.3 Å². The van der Waals surface area contributed by atoms with E-state index in [0.29, 0.717) is 45.3 Å². The molecule has 1 amide bonds. The predicted molar refractivity (Wildman–Crippen MR) is 143 cm³/mol. The van der Waals surface area contributed by atoms with E-state index < -0.39 is 0 Å². The van der Waals surface area contributed by atoms with Crippen LogP contribution in [-0.2, 0) is 6.54 Å². The maximum absolute atomic E-state index is 13.3. The van der Waals surface area contributed by atoms with Crippen molar-refractivity contribution in [1.82, 2.24) is 24.5 Å². The molecule has 4 aromatic rings. The quantitative estimate of drug-likeness (QED) is 0.262. The average Bonchev–Trinajstić information content (AvgIpc) is 3.59. The van der Waals surface area contributed by atoms with Crippen LogP contribution in [0.4, 0.5) is 0 Å². The van der Waals surface area contributed by atoms with Crippen LogP contribution in [0.25, 0.3) is 16.7 Å². The number of carbonyl (C=O) groups excluding carboxylic acids is 2. The number of aromatic nitrogens is 4. The minimum Gasteiger partial charge on any atom is -0.497 e. The molecule has 1 aliphatic rings. The lowest BCUT2D eigenvalue weighted by Gasteiger charge is -2.14. The Kier molecular flexibility index (Phi) is 7.27. The number of aryl methyl sites for hydroxylation is 1. The third-order valence-corrected chi connectivity index (χ3v) is 7.64. The number of hydrogen-bond acceptors (Lipinski definition) is 7. The first kappa shape index (κ1) is 25.0. The first-order chi connectivity index (χ1) is 18.0. The predicted octanol–water partition coefficient (Wildman–Crippen LogP) is 4.11. The van der Waals surface area contributed by atoms with Gasteiger partial charge in [0.05, 0.1) is 23.8 Å². The van der Waals surface area contributed by atoms with Crippen LogP contribution >= 0.6 is 11.8 Å². The number of Topliss-reactive ketones (excluding diaryl/α,β-unsaturated/α-hetero) is 1. The van der Waals surface area contributed by atoms with E-state index >= 15 is 0 Å². The second-order valence-electron chi connectivity index (χ2n) is 9.20. The zero-order valence-corrected chi connectivity index (χ0v) is 21.7. The molecule has 2 aromatic carbocycles. The van der Waals surface area contributed by atoms with Crippen molar-refractivity contribution in [2.24, 2.45) is 0 Å². The normalized spacial score (nSPS) is 13.9. The molecule has 0 unspecified atom stereocenters.